The summed E-state index contributed by atoms with van der Waals surface area (Å²) in [5, 5.41) is 13.6. The summed E-state index contributed by atoms with van der Waals surface area (Å²) in [6.45, 7) is 2.34. The first-order valence-corrected chi connectivity index (χ1v) is 8.60. The van der Waals surface area contributed by atoms with Crippen LogP contribution in [0.2, 0.25) is 0 Å². The van der Waals surface area contributed by atoms with Gasteiger partial charge in [0.2, 0.25) is 0 Å². The van der Waals surface area contributed by atoms with Crippen LogP contribution in [0.3, 0.4) is 0 Å². The van der Waals surface area contributed by atoms with E-state index >= 15 is 0 Å². The monoisotopic (exact) mass is 350 g/mol. The van der Waals surface area contributed by atoms with Crippen molar-refractivity contribution in [2.24, 2.45) is 5.10 Å². The highest BCUT2D eigenvalue weighted by Gasteiger charge is 2.13. The van der Waals surface area contributed by atoms with E-state index in [1.807, 2.05) is 6.92 Å². The van der Waals surface area contributed by atoms with Gasteiger partial charge in [-0.05, 0) is 43.3 Å². The molecule has 0 unspecified atom stereocenters. The Morgan fingerprint density at radius 2 is 1.92 bits per heavy atom. The summed E-state index contributed by atoms with van der Waals surface area (Å²) in [5.41, 5.74) is 0.323. The number of ether oxygens (including phenoxy) is 2. The Morgan fingerprint density at radius 3 is 2.54 bits per heavy atom. The summed E-state index contributed by atoms with van der Waals surface area (Å²) < 4.78 is 34.5. The van der Waals surface area contributed by atoms with E-state index in [1.54, 1.807) is 30.3 Å². The molecule has 0 aliphatic rings. The van der Waals surface area contributed by atoms with Gasteiger partial charge in [0.15, 0.2) is 11.5 Å². The molecule has 0 bridgehead atoms. The lowest BCUT2D eigenvalue weighted by molar-refractivity contribution is 0.340. The Morgan fingerprint density at radius 1 is 1.21 bits per heavy atom. The number of phenols is 1. The number of benzene rings is 2. The van der Waals surface area contributed by atoms with Gasteiger partial charge < -0.3 is 14.6 Å². The number of nitrogens with one attached hydrogen (secondary N) is 1. The number of aromatic hydroxyl groups is 1. The molecule has 0 saturated heterocycles. The van der Waals surface area contributed by atoms with Crippen LogP contribution < -0.4 is 14.3 Å². The van der Waals surface area contributed by atoms with E-state index < -0.39 is 10.0 Å². The zero-order valence-electron chi connectivity index (χ0n) is 13.3. The molecular formula is C16H18N2O5S. The molecule has 0 aliphatic heterocycles. The minimum atomic E-state index is -3.81. The van der Waals surface area contributed by atoms with E-state index in [0.717, 1.165) is 0 Å². The summed E-state index contributed by atoms with van der Waals surface area (Å²) >= 11 is 0. The van der Waals surface area contributed by atoms with Crippen LogP contribution in [0.5, 0.6) is 17.2 Å². The van der Waals surface area contributed by atoms with Crippen molar-refractivity contribution in [1.29, 1.82) is 0 Å². The van der Waals surface area contributed by atoms with Gasteiger partial charge in [0.05, 0.1) is 24.8 Å². The predicted octanol–water partition coefficient (Wildman–Crippen LogP) is 2.11. The van der Waals surface area contributed by atoms with Crippen molar-refractivity contribution in [3.8, 4) is 17.2 Å². The first-order valence-electron chi connectivity index (χ1n) is 7.11. The second kappa shape index (κ2) is 7.69. The van der Waals surface area contributed by atoms with E-state index in [4.69, 9.17) is 9.47 Å². The molecule has 7 nitrogen and oxygen atoms in total. The lowest BCUT2D eigenvalue weighted by Crippen LogP contribution is -2.18. The molecule has 8 heteroatoms. The molecule has 0 aromatic heterocycles. The molecule has 0 saturated carbocycles. The van der Waals surface area contributed by atoms with Crippen molar-refractivity contribution in [2.75, 3.05) is 13.7 Å². The summed E-state index contributed by atoms with van der Waals surface area (Å²) in [4.78, 5) is 2.14. The van der Waals surface area contributed by atoms with Crippen molar-refractivity contribution in [2.45, 2.75) is 11.8 Å². The molecule has 0 amide bonds. The maximum atomic E-state index is 12.1. The molecular weight excluding hydrogens is 332 g/mol. The number of methoxy groups -OCH3 is 1. The van der Waals surface area contributed by atoms with Gasteiger partial charge in [-0.25, -0.2) is 4.83 Å². The van der Waals surface area contributed by atoms with Crippen LogP contribution in [0, 0.1) is 0 Å². The molecule has 0 fully saturated rings. The number of hydrazone groups is 1. The Kier molecular flexibility index (Phi) is 5.64. The largest absolute Gasteiger partial charge is 0.504 e. The van der Waals surface area contributed by atoms with Gasteiger partial charge >= 0.3 is 0 Å². The number of hydrogen-bond acceptors (Lipinski definition) is 6. The molecule has 24 heavy (non-hydrogen) atoms. The van der Waals surface area contributed by atoms with Gasteiger partial charge in [-0.2, -0.15) is 13.5 Å². The Balaban J connectivity index is 2.12. The highest BCUT2D eigenvalue weighted by molar-refractivity contribution is 7.89. The molecule has 0 aliphatic carbocycles. The number of nitrogens with zero attached hydrogens (tertiary/aromatic N) is 1. The number of para-hydroxylation sites is 1. The third-order valence-corrected chi connectivity index (χ3v) is 4.31. The second-order valence-corrected chi connectivity index (χ2v) is 6.32. The van der Waals surface area contributed by atoms with E-state index in [-0.39, 0.29) is 16.4 Å². The lowest BCUT2D eigenvalue weighted by Gasteiger charge is -2.06. The average Bonchev–Trinajstić information content (AvgIpc) is 2.57. The quantitative estimate of drug-likeness (QED) is 0.589. The summed E-state index contributed by atoms with van der Waals surface area (Å²) in [5.74, 6) is 0.735. The molecule has 2 rings (SSSR count). The third kappa shape index (κ3) is 4.17. The van der Waals surface area contributed by atoms with Crippen molar-refractivity contribution >= 4 is 16.2 Å². The van der Waals surface area contributed by atoms with Gasteiger partial charge in [-0.1, -0.05) is 6.07 Å². The SMILES string of the molecule is CCOc1ccc(S(=O)(=O)N/N=C\c2cccc(OC)c2O)cc1. The fraction of sp³-hybridized carbons (Fsp3) is 0.188. The molecule has 128 valence electrons. The zero-order valence-corrected chi connectivity index (χ0v) is 14.1. The predicted molar refractivity (Wildman–Crippen MR) is 90.2 cm³/mol. The Hall–Kier alpha value is -2.74. The van der Waals surface area contributed by atoms with Gasteiger partial charge in [0.1, 0.15) is 5.75 Å². The maximum Gasteiger partial charge on any atom is 0.276 e. The number of rotatable bonds is 7. The van der Waals surface area contributed by atoms with Crippen molar-refractivity contribution in [3.63, 3.8) is 0 Å². The molecule has 0 heterocycles. The average molecular weight is 350 g/mol. The van der Waals surface area contributed by atoms with E-state index in [0.29, 0.717) is 17.9 Å². The van der Waals surface area contributed by atoms with Crippen LogP contribution in [0.1, 0.15) is 12.5 Å². The van der Waals surface area contributed by atoms with Crippen LogP contribution >= 0.6 is 0 Å². The van der Waals surface area contributed by atoms with Crippen LogP contribution in [-0.2, 0) is 10.0 Å². The molecule has 2 aromatic carbocycles. The standard InChI is InChI=1S/C16H18N2O5S/c1-3-23-13-7-9-14(10-8-13)24(20,21)18-17-11-12-5-4-6-15(22-2)16(12)19/h4-11,18-19H,3H2,1-2H3/b17-11-. The first kappa shape index (κ1) is 17.6. The fourth-order valence-electron chi connectivity index (χ4n) is 1.91. The van der Waals surface area contributed by atoms with Crippen LogP contribution in [0.15, 0.2) is 52.5 Å². The molecule has 0 spiro atoms. The van der Waals surface area contributed by atoms with Gasteiger partial charge in [0, 0.05) is 5.56 Å². The first-order chi connectivity index (χ1) is 11.5. The molecule has 2 aromatic rings. The van der Waals surface area contributed by atoms with Crippen molar-refractivity contribution < 1.29 is 23.0 Å². The minimum Gasteiger partial charge on any atom is -0.504 e. The van der Waals surface area contributed by atoms with Gasteiger partial charge in [0.25, 0.3) is 10.0 Å². The van der Waals surface area contributed by atoms with Crippen LogP contribution in [0.4, 0.5) is 0 Å². The van der Waals surface area contributed by atoms with E-state index in [1.165, 1.54) is 25.5 Å². The van der Waals surface area contributed by atoms with E-state index in [2.05, 4.69) is 9.93 Å². The Labute approximate surface area is 140 Å². The number of sulfonamides is 1. The molecule has 0 atom stereocenters. The highest BCUT2D eigenvalue weighted by Crippen LogP contribution is 2.27. The minimum absolute atomic E-state index is 0.0537. The summed E-state index contributed by atoms with van der Waals surface area (Å²) in [6.07, 6.45) is 1.20. The number of phenolic OH excluding ortho intramolecular Hbond substituents is 1. The topological polar surface area (TPSA) is 97.2 Å². The van der Waals surface area contributed by atoms with E-state index in [9.17, 15) is 13.5 Å². The number of hydrogen-bond donors (Lipinski definition) is 2. The maximum absolute atomic E-state index is 12.1. The smallest absolute Gasteiger partial charge is 0.276 e. The lowest BCUT2D eigenvalue weighted by atomic mass is 10.2. The summed E-state index contributed by atoms with van der Waals surface area (Å²) in [7, 11) is -2.39. The summed E-state index contributed by atoms with van der Waals surface area (Å²) in [6, 6.07) is 10.8. The fourth-order valence-corrected chi connectivity index (χ4v) is 2.70. The second-order valence-electron chi connectivity index (χ2n) is 4.66. The zero-order chi connectivity index (χ0) is 17.6. The molecule has 0 radical (unpaired) electrons. The Bertz CT molecular complexity index is 817. The van der Waals surface area contributed by atoms with Crippen molar-refractivity contribution in [1.82, 2.24) is 4.83 Å². The van der Waals surface area contributed by atoms with Crippen LogP contribution in [-0.4, -0.2) is 33.5 Å². The normalized spacial score (nSPS) is 11.4. The van der Waals surface area contributed by atoms with Crippen molar-refractivity contribution in [3.05, 3.63) is 48.0 Å². The third-order valence-electron chi connectivity index (χ3n) is 3.07. The van der Waals surface area contributed by atoms with Gasteiger partial charge in [-0.3, -0.25) is 0 Å². The molecule has 2 N–H and O–H groups in total. The highest BCUT2D eigenvalue weighted by atomic mass is 32.2. The van der Waals surface area contributed by atoms with Gasteiger partial charge in [-0.15, -0.1) is 0 Å². The van der Waals surface area contributed by atoms with Crippen LogP contribution in [0.25, 0.3) is 0 Å².